The zero-order valence-corrected chi connectivity index (χ0v) is 15.7. The molecule has 0 bridgehead atoms. The van der Waals surface area contributed by atoms with Gasteiger partial charge in [-0.2, -0.15) is 0 Å². The molecular weight excluding hydrogens is 351 g/mol. The molecule has 3 heterocycles. The Morgan fingerprint density at radius 3 is 2.88 bits per heavy atom. The van der Waals surface area contributed by atoms with Crippen LogP contribution in [0.15, 0.2) is 28.8 Å². The third kappa shape index (κ3) is 3.41. The summed E-state index contributed by atoms with van der Waals surface area (Å²) in [5.74, 6) is 0.975. The summed E-state index contributed by atoms with van der Waals surface area (Å²) >= 11 is 1.50. The number of benzene rings is 1. The summed E-state index contributed by atoms with van der Waals surface area (Å²) in [4.78, 5) is 2.42. The van der Waals surface area contributed by atoms with Crippen molar-refractivity contribution in [2.24, 2.45) is 0 Å². The largest absolute Gasteiger partial charge is 0.361 e. The smallest absolute Gasteiger partial charge is 0.150 e. The van der Waals surface area contributed by atoms with Crippen LogP contribution in [0, 0.1) is 19.7 Å². The van der Waals surface area contributed by atoms with Crippen molar-refractivity contribution in [1.82, 2.24) is 20.3 Å². The predicted molar refractivity (Wildman–Crippen MR) is 98.5 cm³/mol. The van der Waals surface area contributed by atoms with Crippen molar-refractivity contribution in [3.8, 4) is 10.6 Å². The Morgan fingerprint density at radius 1 is 1.27 bits per heavy atom. The number of nitrogens with zero attached hydrogens (tertiary/aromatic N) is 4. The Kier molecular flexibility index (Phi) is 4.82. The van der Waals surface area contributed by atoms with E-state index in [2.05, 4.69) is 20.3 Å². The van der Waals surface area contributed by atoms with Gasteiger partial charge in [0.15, 0.2) is 5.01 Å². The molecule has 2 aromatic heterocycles. The number of rotatable bonds is 4. The van der Waals surface area contributed by atoms with Crippen molar-refractivity contribution in [3.63, 3.8) is 0 Å². The Balaban J connectivity index is 1.49. The van der Waals surface area contributed by atoms with Crippen LogP contribution in [0.3, 0.4) is 0 Å². The van der Waals surface area contributed by atoms with Crippen LogP contribution in [-0.4, -0.2) is 33.3 Å². The molecule has 5 nitrogen and oxygen atoms in total. The summed E-state index contributed by atoms with van der Waals surface area (Å²) in [5.41, 5.74) is 2.66. The summed E-state index contributed by atoms with van der Waals surface area (Å²) in [5, 5.41) is 14.3. The van der Waals surface area contributed by atoms with Gasteiger partial charge in [0.2, 0.25) is 0 Å². The van der Waals surface area contributed by atoms with Crippen LogP contribution in [0.1, 0.15) is 40.8 Å². The van der Waals surface area contributed by atoms with Crippen LogP contribution in [0.25, 0.3) is 10.6 Å². The highest BCUT2D eigenvalue weighted by Crippen LogP contribution is 2.34. The van der Waals surface area contributed by atoms with Crippen molar-refractivity contribution >= 4 is 11.3 Å². The second-order valence-electron chi connectivity index (χ2n) is 6.80. The van der Waals surface area contributed by atoms with Crippen LogP contribution >= 0.6 is 11.3 Å². The van der Waals surface area contributed by atoms with Crippen LogP contribution < -0.4 is 0 Å². The zero-order chi connectivity index (χ0) is 18.1. The lowest BCUT2D eigenvalue weighted by atomic mass is 9.98. The summed E-state index contributed by atoms with van der Waals surface area (Å²) in [7, 11) is 0. The number of aromatic nitrogens is 3. The number of halogens is 1. The first kappa shape index (κ1) is 17.3. The molecule has 1 unspecified atom stereocenters. The van der Waals surface area contributed by atoms with E-state index in [1.54, 1.807) is 12.1 Å². The molecular formula is C19H21FN4OS. The molecule has 1 aliphatic heterocycles. The quantitative estimate of drug-likeness (QED) is 0.682. The first-order chi connectivity index (χ1) is 12.6. The highest BCUT2D eigenvalue weighted by molar-refractivity contribution is 7.14. The molecule has 0 N–H and O–H groups in total. The fourth-order valence-electron chi connectivity index (χ4n) is 3.49. The third-order valence-electron chi connectivity index (χ3n) is 4.96. The first-order valence-electron chi connectivity index (χ1n) is 8.84. The number of hydrogen-bond donors (Lipinski definition) is 0. The molecule has 26 heavy (non-hydrogen) atoms. The van der Waals surface area contributed by atoms with E-state index in [1.807, 2.05) is 19.9 Å². The fourth-order valence-corrected chi connectivity index (χ4v) is 4.49. The minimum Gasteiger partial charge on any atom is -0.361 e. The number of likely N-dealkylation sites (tertiary alicyclic amines) is 1. The number of aryl methyl sites for hydroxylation is 2. The molecule has 1 atom stereocenters. The van der Waals surface area contributed by atoms with Crippen molar-refractivity contribution in [3.05, 3.63) is 52.1 Å². The van der Waals surface area contributed by atoms with E-state index in [0.29, 0.717) is 16.5 Å². The van der Waals surface area contributed by atoms with E-state index in [1.165, 1.54) is 23.0 Å². The molecule has 0 aliphatic carbocycles. The van der Waals surface area contributed by atoms with Gasteiger partial charge in [0.1, 0.15) is 16.6 Å². The molecule has 1 aromatic carbocycles. The average molecular weight is 372 g/mol. The molecule has 0 amide bonds. The topological polar surface area (TPSA) is 55.1 Å². The summed E-state index contributed by atoms with van der Waals surface area (Å²) in [6, 6.07) is 6.73. The standard InChI is InChI=1S/C19H21FN4OS/c1-12-16(13(2)25-23-12)11-24-9-5-6-14(10-24)18-21-22-19(26-18)15-7-3-4-8-17(15)20/h3-4,7-8,14H,5-6,9-11H2,1-2H3. The number of piperidine rings is 1. The van der Waals surface area contributed by atoms with Gasteiger partial charge in [-0.1, -0.05) is 28.6 Å². The Labute approximate surface area is 155 Å². The van der Waals surface area contributed by atoms with Gasteiger partial charge >= 0.3 is 0 Å². The lowest BCUT2D eigenvalue weighted by molar-refractivity contribution is 0.198. The minimum atomic E-state index is -0.251. The molecule has 136 valence electrons. The summed E-state index contributed by atoms with van der Waals surface area (Å²) < 4.78 is 19.3. The second-order valence-corrected chi connectivity index (χ2v) is 7.81. The zero-order valence-electron chi connectivity index (χ0n) is 14.9. The predicted octanol–water partition coefficient (Wildman–Crippen LogP) is 4.33. The third-order valence-corrected chi connectivity index (χ3v) is 6.08. The lowest BCUT2D eigenvalue weighted by Gasteiger charge is -2.31. The number of hydrogen-bond acceptors (Lipinski definition) is 6. The van der Waals surface area contributed by atoms with Gasteiger partial charge in [-0.05, 0) is 45.4 Å². The molecule has 4 rings (SSSR count). The molecule has 0 radical (unpaired) electrons. The van der Waals surface area contributed by atoms with Crippen LogP contribution in [0.2, 0.25) is 0 Å². The molecule has 1 fully saturated rings. The van der Waals surface area contributed by atoms with Gasteiger partial charge in [0.05, 0.1) is 5.69 Å². The van der Waals surface area contributed by atoms with E-state index in [0.717, 1.165) is 48.9 Å². The Morgan fingerprint density at radius 2 is 2.12 bits per heavy atom. The van der Waals surface area contributed by atoms with Crippen molar-refractivity contribution in [2.75, 3.05) is 13.1 Å². The molecule has 3 aromatic rings. The highest BCUT2D eigenvalue weighted by atomic mass is 32.1. The van der Waals surface area contributed by atoms with Gasteiger partial charge in [-0.15, -0.1) is 10.2 Å². The molecule has 0 saturated carbocycles. The van der Waals surface area contributed by atoms with Crippen molar-refractivity contribution in [2.45, 2.75) is 39.2 Å². The summed E-state index contributed by atoms with van der Waals surface area (Å²) in [6.45, 7) is 6.77. The van der Waals surface area contributed by atoms with Crippen LogP contribution in [-0.2, 0) is 6.54 Å². The molecule has 1 aliphatic rings. The Bertz CT molecular complexity index is 887. The maximum absolute atomic E-state index is 14.0. The van der Waals surface area contributed by atoms with Gasteiger partial charge in [0, 0.05) is 30.1 Å². The van der Waals surface area contributed by atoms with E-state index < -0.39 is 0 Å². The fraction of sp³-hybridized carbons (Fsp3) is 0.421. The lowest BCUT2D eigenvalue weighted by Crippen LogP contribution is -2.34. The van der Waals surface area contributed by atoms with E-state index in [-0.39, 0.29) is 5.82 Å². The van der Waals surface area contributed by atoms with Crippen molar-refractivity contribution in [1.29, 1.82) is 0 Å². The van der Waals surface area contributed by atoms with Crippen LogP contribution in [0.4, 0.5) is 4.39 Å². The summed E-state index contributed by atoms with van der Waals surface area (Å²) in [6.07, 6.45) is 2.20. The van der Waals surface area contributed by atoms with Gasteiger partial charge in [0.25, 0.3) is 0 Å². The molecule has 1 saturated heterocycles. The van der Waals surface area contributed by atoms with Crippen molar-refractivity contribution < 1.29 is 8.91 Å². The first-order valence-corrected chi connectivity index (χ1v) is 9.66. The second kappa shape index (κ2) is 7.25. The monoisotopic (exact) mass is 372 g/mol. The highest BCUT2D eigenvalue weighted by Gasteiger charge is 2.26. The Hall–Kier alpha value is -2.12. The molecule has 0 spiro atoms. The maximum atomic E-state index is 14.0. The van der Waals surface area contributed by atoms with E-state index in [4.69, 9.17) is 4.52 Å². The van der Waals surface area contributed by atoms with Gasteiger partial charge in [-0.3, -0.25) is 4.90 Å². The van der Waals surface area contributed by atoms with E-state index >= 15 is 0 Å². The van der Waals surface area contributed by atoms with Gasteiger partial charge in [-0.25, -0.2) is 4.39 Å². The van der Waals surface area contributed by atoms with Crippen LogP contribution in [0.5, 0.6) is 0 Å². The molecule has 7 heteroatoms. The SMILES string of the molecule is Cc1noc(C)c1CN1CCCC(c2nnc(-c3ccccc3F)s2)C1. The minimum absolute atomic E-state index is 0.251. The maximum Gasteiger partial charge on any atom is 0.150 e. The average Bonchev–Trinajstić information content (AvgIpc) is 3.25. The van der Waals surface area contributed by atoms with Gasteiger partial charge < -0.3 is 4.52 Å². The van der Waals surface area contributed by atoms with E-state index in [9.17, 15) is 4.39 Å². The normalized spacial score (nSPS) is 18.3.